The number of carboxylic acids is 2. The minimum absolute atomic E-state index is 0.401. The molecule has 0 aliphatic heterocycles. The Bertz CT molecular complexity index is 271. The van der Waals surface area contributed by atoms with Gasteiger partial charge in [-0.3, -0.25) is 9.59 Å². The number of nitrogens with two attached hydrogens (primary N) is 1. The Morgan fingerprint density at radius 2 is 1.50 bits per heavy atom. The van der Waals surface area contributed by atoms with Crippen LogP contribution in [0.5, 0.6) is 0 Å². The van der Waals surface area contributed by atoms with Crippen molar-refractivity contribution < 1.29 is 29.4 Å². The van der Waals surface area contributed by atoms with E-state index < -0.39 is 35.5 Å². The molecule has 0 aliphatic carbocycles. The molecule has 0 aromatic heterocycles. The van der Waals surface area contributed by atoms with Crippen molar-refractivity contribution in [3.05, 3.63) is 0 Å². The molecule has 0 rings (SSSR count). The molecule has 4 N–H and O–H groups in total. The lowest BCUT2D eigenvalue weighted by atomic mass is 9.81. The number of hydrogen-bond donors (Lipinski definition) is 3. The van der Waals surface area contributed by atoms with Crippen LogP contribution >= 0.6 is 0 Å². The van der Waals surface area contributed by atoms with E-state index in [1.54, 1.807) is 0 Å². The van der Waals surface area contributed by atoms with Crippen LogP contribution in [0, 0.1) is 5.41 Å². The van der Waals surface area contributed by atoms with Gasteiger partial charge in [0.05, 0.1) is 0 Å². The van der Waals surface area contributed by atoms with Gasteiger partial charge in [-0.1, -0.05) is 6.92 Å². The molecule has 0 fully saturated rings. The maximum atomic E-state index is 11.1. The van der Waals surface area contributed by atoms with E-state index in [4.69, 9.17) is 10.2 Å². The van der Waals surface area contributed by atoms with E-state index >= 15 is 0 Å². The van der Waals surface area contributed by atoms with Gasteiger partial charge in [-0.25, -0.2) is 9.59 Å². The van der Waals surface area contributed by atoms with Crippen LogP contribution in [0.2, 0.25) is 0 Å². The maximum Gasteiger partial charge on any atom is 0.338 e. The lowest BCUT2D eigenvalue weighted by Gasteiger charge is -2.18. The van der Waals surface area contributed by atoms with Gasteiger partial charge in [-0.2, -0.15) is 0 Å². The Morgan fingerprint density at radius 1 is 1.14 bits per heavy atom. The predicted octanol–water partition coefficient (Wildman–Crippen LogP) is -1.39. The van der Waals surface area contributed by atoms with Gasteiger partial charge in [-0.05, 0) is 0 Å². The van der Waals surface area contributed by atoms with Crippen molar-refractivity contribution in [3.8, 4) is 0 Å². The zero-order chi connectivity index (χ0) is 11.5. The molecule has 0 atom stereocenters. The molecule has 1 amide bonds. The summed E-state index contributed by atoms with van der Waals surface area (Å²) in [5.41, 5.74) is 1.47. The van der Waals surface area contributed by atoms with Crippen molar-refractivity contribution >= 4 is 23.6 Å². The number of carbonyl (C=O) groups is 4. The van der Waals surface area contributed by atoms with Crippen molar-refractivity contribution in [2.45, 2.75) is 13.3 Å². The summed E-state index contributed by atoms with van der Waals surface area (Å²) in [6, 6.07) is 0. The van der Waals surface area contributed by atoms with E-state index in [2.05, 4.69) is 5.73 Å². The second-order valence-electron chi connectivity index (χ2n) is 2.50. The molecule has 78 valence electrons. The molecule has 0 heterocycles. The summed E-state index contributed by atoms with van der Waals surface area (Å²) in [7, 11) is 0. The number of carbonyl (C=O) groups excluding carboxylic acids is 2. The van der Waals surface area contributed by atoms with E-state index in [9.17, 15) is 19.2 Å². The molecule has 0 aliphatic rings. The highest BCUT2D eigenvalue weighted by Crippen LogP contribution is 2.21. The van der Waals surface area contributed by atoms with Gasteiger partial charge in [0.2, 0.25) is 0 Å². The number of rotatable bonds is 5. The monoisotopic (exact) mass is 203 g/mol. The first kappa shape index (κ1) is 12.1. The molecule has 0 aromatic carbocycles. The second-order valence-corrected chi connectivity index (χ2v) is 2.50. The Hall–Kier alpha value is -1.92. The van der Waals surface area contributed by atoms with Crippen LogP contribution in [0.4, 0.5) is 0 Å². The third-order valence-electron chi connectivity index (χ3n) is 1.75. The summed E-state index contributed by atoms with van der Waals surface area (Å²) in [6.07, 6.45) is -0.401. The van der Waals surface area contributed by atoms with Crippen molar-refractivity contribution in [2.75, 3.05) is 0 Å². The Morgan fingerprint density at radius 3 is 1.57 bits per heavy atom. The molecule has 7 heteroatoms. The van der Waals surface area contributed by atoms with Crippen LogP contribution in [0.25, 0.3) is 0 Å². The van der Waals surface area contributed by atoms with E-state index in [0.29, 0.717) is 0 Å². The Labute approximate surface area is 78.5 Å². The van der Waals surface area contributed by atoms with E-state index in [1.165, 1.54) is 6.92 Å². The van der Waals surface area contributed by atoms with Gasteiger partial charge in [-0.15, -0.1) is 0 Å². The average Bonchev–Trinajstić information content (AvgIpc) is 2.02. The number of aliphatic carboxylic acids is 2. The van der Waals surface area contributed by atoms with Crippen LogP contribution in [0.1, 0.15) is 13.3 Å². The number of Topliss-reactive ketones (excluding diaryl/α,β-unsaturated/α-hetero) is 1. The third-order valence-corrected chi connectivity index (χ3v) is 1.75. The van der Waals surface area contributed by atoms with Crippen molar-refractivity contribution in [3.63, 3.8) is 0 Å². The van der Waals surface area contributed by atoms with E-state index in [-0.39, 0.29) is 0 Å². The molecule has 0 bridgehead atoms. The number of primary amides is 1. The molecule has 0 radical (unpaired) electrons. The first-order valence-electron chi connectivity index (χ1n) is 3.61. The highest BCUT2D eigenvalue weighted by atomic mass is 16.4. The van der Waals surface area contributed by atoms with Crippen LogP contribution in [0.15, 0.2) is 0 Å². The Balaban J connectivity index is 5.63. The smallest absolute Gasteiger partial charge is 0.338 e. The molecular weight excluding hydrogens is 194 g/mol. The molecule has 7 nitrogen and oxygen atoms in total. The van der Waals surface area contributed by atoms with Crippen molar-refractivity contribution in [1.82, 2.24) is 0 Å². The quantitative estimate of drug-likeness (QED) is 0.470. The molecule has 0 unspecified atom stereocenters. The van der Waals surface area contributed by atoms with Crippen LogP contribution < -0.4 is 5.73 Å². The van der Waals surface area contributed by atoms with E-state index in [0.717, 1.165) is 0 Å². The van der Waals surface area contributed by atoms with Crippen LogP contribution in [-0.2, 0) is 19.2 Å². The number of hydrogen-bond acceptors (Lipinski definition) is 4. The number of amides is 1. The van der Waals surface area contributed by atoms with Gasteiger partial charge >= 0.3 is 11.9 Å². The Kier molecular flexibility index (Phi) is 3.33. The minimum atomic E-state index is -3.16. The van der Waals surface area contributed by atoms with Gasteiger partial charge in [0, 0.05) is 6.42 Å². The molecular formula is C7H9NO6. The molecule has 0 saturated heterocycles. The number of carboxylic acid groups (broad SMARTS) is 2. The summed E-state index contributed by atoms with van der Waals surface area (Å²) < 4.78 is 0. The third kappa shape index (κ3) is 1.43. The summed E-state index contributed by atoms with van der Waals surface area (Å²) in [4.78, 5) is 43.0. The summed E-state index contributed by atoms with van der Waals surface area (Å²) in [6.45, 7) is 1.24. The van der Waals surface area contributed by atoms with Crippen LogP contribution in [0.3, 0.4) is 0 Å². The van der Waals surface area contributed by atoms with Gasteiger partial charge in [0.15, 0.2) is 5.78 Å². The maximum absolute atomic E-state index is 11.1. The SMILES string of the molecule is CCC(=O)C(C(N)=O)(C(=O)O)C(=O)O. The zero-order valence-corrected chi connectivity index (χ0v) is 7.31. The largest absolute Gasteiger partial charge is 0.480 e. The average molecular weight is 203 g/mol. The van der Waals surface area contributed by atoms with E-state index in [1.807, 2.05) is 0 Å². The molecule has 14 heavy (non-hydrogen) atoms. The first-order valence-corrected chi connectivity index (χ1v) is 3.61. The van der Waals surface area contributed by atoms with Crippen LogP contribution in [-0.4, -0.2) is 33.8 Å². The predicted molar refractivity (Wildman–Crippen MR) is 42.2 cm³/mol. The molecule has 0 saturated carbocycles. The fourth-order valence-electron chi connectivity index (χ4n) is 0.943. The molecule has 0 aromatic rings. The summed E-state index contributed by atoms with van der Waals surface area (Å²) in [5, 5.41) is 17.1. The summed E-state index contributed by atoms with van der Waals surface area (Å²) in [5.74, 6) is -7.07. The highest BCUT2D eigenvalue weighted by molar-refractivity contribution is 6.34. The second kappa shape index (κ2) is 3.86. The topological polar surface area (TPSA) is 135 Å². The lowest BCUT2D eigenvalue weighted by molar-refractivity contribution is -0.170. The van der Waals surface area contributed by atoms with Gasteiger partial charge in [0.25, 0.3) is 11.3 Å². The summed E-state index contributed by atoms with van der Waals surface area (Å²) >= 11 is 0. The van der Waals surface area contributed by atoms with Gasteiger partial charge in [0.1, 0.15) is 0 Å². The minimum Gasteiger partial charge on any atom is -0.480 e. The number of ketones is 1. The normalized spacial score (nSPS) is 10.6. The fraction of sp³-hybridized carbons (Fsp3) is 0.429. The van der Waals surface area contributed by atoms with Crippen molar-refractivity contribution in [2.24, 2.45) is 11.1 Å². The molecule has 0 spiro atoms. The lowest BCUT2D eigenvalue weighted by Crippen LogP contribution is -2.55. The van der Waals surface area contributed by atoms with Gasteiger partial charge < -0.3 is 15.9 Å². The first-order chi connectivity index (χ1) is 6.31. The standard InChI is InChI=1S/C7H9NO6/c1-2-3(9)7(4(8)10,5(11)12)6(13)14/h2H2,1H3,(H2,8,10)(H,11,12)(H,13,14). The van der Waals surface area contributed by atoms with Crippen molar-refractivity contribution in [1.29, 1.82) is 0 Å². The fourth-order valence-corrected chi connectivity index (χ4v) is 0.943. The highest BCUT2D eigenvalue weighted by Gasteiger charge is 2.58. The zero-order valence-electron chi connectivity index (χ0n) is 7.31.